The first-order valence-electron chi connectivity index (χ1n) is 50.3. The van der Waals surface area contributed by atoms with Gasteiger partial charge in [0.05, 0.1) is 60.4 Å². The predicted molar refractivity (Wildman–Crippen MR) is 615 cm³/mol. The molecule has 22 nitrogen and oxygen atoms in total. The molecule has 8 aliphatic carbocycles. The van der Waals surface area contributed by atoms with Crippen LogP contribution in [-0.4, -0.2) is 116 Å². The summed E-state index contributed by atoms with van der Waals surface area (Å²) in [5.41, 5.74) is 32.5. The van der Waals surface area contributed by atoms with E-state index in [0.29, 0.717) is 0 Å². The fourth-order valence-corrected chi connectivity index (χ4v) is 24.8. The maximum Gasteiger partial charge on any atom is 0.419 e. The quantitative estimate of drug-likeness (QED) is 0.0552. The molecule has 3 atom stereocenters. The number of carbonyl (C=O) groups excluding carboxylic acids is 4. The number of nitrogens with one attached hydrogen (secondary N) is 8. The predicted octanol–water partition coefficient (Wildman–Crippen LogP) is 32.4. The number of aryl methyl sites for hydroxylation is 9. The number of anilines is 1. The van der Waals surface area contributed by atoms with Crippen LogP contribution in [0.1, 0.15) is 243 Å². The lowest BCUT2D eigenvalue weighted by molar-refractivity contribution is -0.142. The van der Waals surface area contributed by atoms with Gasteiger partial charge in [-0.05, 0) is 396 Å². The molecule has 9 aromatic carbocycles. The van der Waals surface area contributed by atoms with Gasteiger partial charge in [0.1, 0.15) is 37.0 Å². The van der Waals surface area contributed by atoms with E-state index in [1.54, 1.807) is 45.5 Å². The van der Waals surface area contributed by atoms with Gasteiger partial charge < -0.3 is 69.2 Å². The number of aromatic nitrogens is 8. The molecule has 8 aliphatic rings. The third-order valence-electron chi connectivity index (χ3n) is 28.7. The van der Waals surface area contributed by atoms with Gasteiger partial charge in [0.2, 0.25) is 5.91 Å². The van der Waals surface area contributed by atoms with Gasteiger partial charge in [0.25, 0.3) is 0 Å². The van der Waals surface area contributed by atoms with Gasteiger partial charge in [0, 0.05) is 156 Å². The first-order chi connectivity index (χ1) is 70.6. The van der Waals surface area contributed by atoms with Crippen LogP contribution in [0.3, 0.4) is 0 Å². The molecule has 0 fully saturated rings. The van der Waals surface area contributed by atoms with Crippen molar-refractivity contribution in [1.82, 2.24) is 44.4 Å². The van der Waals surface area contributed by atoms with Crippen LogP contribution in [0.5, 0.6) is 5.75 Å². The molecule has 0 aliphatic heterocycles. The Labute approximate surface area is 908 Å². The summed E-state index contributed by atoms with van der Waals surface area (Å²) in [5.74, 6) is 0.743. The number of methoxy groups -OCH3 is 3. The van der Waals surface area contributed by atoms with Crippen molar-refractivity contribution in [3.63, 3.8) is 0 Å². The number of hydrogen-bond donors (Lipinski definition) is 8. The van der Waals surface area contributed by atoms with E-state index in [0.717, 1.165) is 239 Å². The van der Waals surface area contributed by atoms with Crippen LogP contribution < -0.4 is 15.4 Å². The summed E-state index contributed by atoms with van der Waals surface area (Å²) < 4.78 is 32.6. The average molecular weight is 2410 g/mol. The molecule has 0 spiro atoms. The lowest BCUT2D eigenvalue weighted by Gasteiger charge is -2.24. The van der Waals surface area contributed by atoms with Gasteiger partial charge in [-0.3, -0.25) is 14.2 Å². The highest BCUT2D eigenvalue weighted by Crippen LogP contribution is 2.45. The Balaban J connectivity index is 0.000000110. The van der Waals surface area contributed by atoms with E-state index < -0.39 is 5.60 Å². The Morgan fingerprint density at radius 2 is 0.829 bits per heavy atom. The van der Waals surface area contributed by atoms with Gasteiger partial charge in [-0.25, -0.2) is 14.2 Å². The number of fused-ring (bicyclic) bond motifs is 24. The van der Waals surface area contributed by atoms with Crippen LogP contribution in [-0.2, 0) is 92.9 Å². The van der Waals surface area contributed by atoms with Crippen LogP contribution in [0.2, 0.25) is 0 Å². The van der Waals surface area contributed by atoms with Crippen LogP contribution in [0.15, 0.2) is 224 Å². The minimum atomic E-state index is -0.522. The average Bonchev–Trinajstić information content (AvgIpc) is 1.60. The second-order valence-electron chi connectivity index (χ2n) is 39.2. The molecule has 2 amide bonds. The number of oxime groups is 2. The normalized spacial score (nSPS) is 16.8. The summed E-state index contributed by atoms with van der Waals surface area (Å²) >= 11 is 24.7. The van der Waals surface area contributed by atoms with E-state index in [4.69, 9.17) is 28.6 Å². The highest BCUT2D eigenvalue weighted by molar-refractivity contribution is 9.11. The molecule has 8 N–H and O–H groups in total. The molecule has 25 rings (SSSR count). The first-order valence-corrected chi connectivity index (χ1v) is 55.9. The minimum Gasteiger partial charge on any atom is -0.497 e. The SMILES string of the molecule is Brc1ccc2[nH]c3c(c2c1)CCCC3.C=C1CCCc2c1n(C(=O)OC(C)(C)C)c1ccc(Br)cc21.CC(=O)n1c2c(c3cc(Br)ccc31)CCCC2.CO/N=C1\CCCc2c1[nH]c1ccc(Br)cc21.CO/N=C1\CCCc2c1[nH]c1ccc(OC)cc21.COC(=O)C1CCCc2c1[nH]c1ccc(Br)cc21.COC1CCCc2c1[nH]c1ccc(Br)cc21.O=C(Nc1ccccc1)NC1CCCc2c1[nH]c1ccc(Br)cc21. The number of benzene rings is 9. The maximum absolute atomic E-state index is 12.7. The minimum absolute atomic E-state index is 0.0173. The van der Waals surface area contributed by atoms with Crippen LogP contribution in [0, 0.1) is 0 Å². The molecule has 758 valence electrons. The number of halogens is 7. The van der Waals surface area contributed by atoms with Crippen LogP contribution >= 0.6 is 112 Å². The second kappa shape index (κ2) is 46.8. The molecule has 8 heterocycles. The monoisotopic (exact) mass is 2410 g/mol. The fraction of sp³-hybridized carbons (Fsp3) is 0.333. The molecule has 0 radical (unpaired) electrons. The molecule has 146 heavy (non-hydrogen) atoms. The highest BCUT2D eigenvalue weighted by Gasteiger charge is 2.35. The summed E-state index contributed by atoms with van der Waals surface area (Å²) in [5, 5.41) is 24.3. The molecule has 0 bridgehead atoms. The highest BCUT2D eigenvalue weighted by atomic mass is 79.9. The Morgan fingerprint density at radius 1 is 0.404 bits per heavy atom. The number of urea groups is 1. The van der Waals surface area contributed by atoms with E-state index in [2.05, 4.69) is 266 Å². The number of aromatic amines is 6. The summed E-state index contributed by atoms with van der Waals surface area (Å²) in [7, 11) is 8.13. The number of ether oxygens (including phenoxy) is 4. The van der Waals surface area contributed by atoms with Crippen molar-refractivity contribution < 1.29 is 47.8 Å². The van der Waals surface area contributed by atoms with E-state index in [1.165, 1.54) is 167 Å². The van der Waals surface area contributed by atoms with E-state index in [-0.39, 0.29) is 42.1 Å². The summed E-state index contributed by atoms with van der Waals surface area (Å²) in [4.78, 5) is 79.3. The van der Waals surface area contributed by atoms with Crippen molar-refractivity contribution in [3.05, 3.63) is 304 Å². The van der Waals surface area contributed by atoms with E-state index in [9.17, 15) is 19.2 Å². The number of hydrogen-bond acceptors (Lipinski definition) is 12. The van der Waals surface area contributed by atoms with Gasteiger partial charge in [-0.1, -0.05) is 147 Å². The number of esters is 1. The van der Waals surface area contributed by atoms with Gasteiger partial charge in [-0.15, -0.1) is 0 Å². The molecule has 8 aromatic heterocycles. The van der Waals surface area contributed by atoms with Gasteiger partial charge in [0.15, 0.2) is 0 Å². The Bertz CT molecular complexity index is 7850. The molecule has 29 heteroatoms. The number of allylic oxidation sites excluding steroid dienone is 1. The third kappa shape index (κ3) is 23.2. The lowest BCUT2D eigenvalue weighted by Crippen LogP contribution is -2.34. The number of para-hydroxylation sites is 1. The zero-order valence-corrected chi connectivity index (χ0v) is 94.7. The summed E-state index contributed by atoms with van der Waals surface area (Å²) in [6, 6.07) is 59.3. The Morgan fingerprint density at radius 3 is 1.37 bits per heavy atom. The standard InChI is InChI=1S/C19H18BrN3O.C18H20BrNO2.C14H14BrNO2.C14H14BrNO.C14H16N2O2.C13H13BrN2O.C13H14BrNO.C12H12BrN/c20-12-9-10-16-15(11-12)14-7-4-8-17(18(14)22-16)23-19(24)21-13-5-2-1-3-6-13;1-11-6-5-7-13-14-10-12(19)8-9-15(14)20(16(11)13)17(21)22-18(2,3)4;1-18-14(17)10-4-2-3-9-11-7-8(15)5-6-12(11)16-13(9)10;1-9(17)16-13-5-3-2-4-11(13)12-8-10(15)6-7-14(12)16;1-17-9-6-7-12-11(8-9)10-4-3-5-13(16-18-2)14(10)15-12;1-17-16-12-4-2-3-9-10-7-8(14)5-6-11(10)15-13(9)12;1-16-12-4-2-3-9-10-7-8(14)5-6-11(10)15-13(9)12;13-8-5-6-12-10(7-8)9-3-1-2-4-11(9)14-12/h1-3,5-6,9-11,17,22H,4,7-8H2,(H2,21,23,24);8-10H,1,5-7H2,2-4H3;5-7,10,16H,2-4H2,1H3;6-8H,2-5H2,1H3;6-8,15H,3-5H2,1-2H3;5-7,15H,2-4H2,1H3;5-7,12,15H,2-4H2,1H3;5-7,14H,1-4H2/b;;;;16-13+;16-12+;;. The van der Waals surface area contributed by atoms with Gasteiger partial charge in [-0.2, -0.15) is 0 Å². The van der Waals surface area contributed by atoms with Crippen molar-refractivity contribution in [1.29, 1.82) is 0 Å². The van der Waals surface area contributed by atoms with Gasteiger partial charge >= 0.3 is 18.1 Å². The Hall–Kier alpha value is -11.0. The van der Waals surface area contributed by atoms with E-state index >= 15 is 0 Å². The number of amides is 2. The molecule has 0 saturated heterocycles. The van der Waals surface area contributed by atoms with E-state index in [1.807, 2.05) is 104 Å². The zero-order valence-electron chi connectivity index (χ0n) is 83.6. The molecule has 0 saturated carbocycles. The van der Waals surface area contributed by atoms with Crippen molar-refractivity contribution in [3.8, 4) is 5.75 Å². The van der Waals surface area contributed by atoms with Crippen molar-refractivity contribution >= 4 is 245 Å². The van der Waals surface area contributed by atoms with Crippen molar-refractivity contribution in [2.45, 2.75) is 218 Å². The number of H-pyrrole nitrogens is 6. The van der Waals surface area contributed by atoms with Crippen LogP contribution in [0.25, 0.3) is 92.8 Å². The molecular weight excluding hydrogens is 2290 g/mol. The third-order valence-corrected chi connectivity index (χ3v) is 32.1. The number of nitrogens with zero attached hydrogens (tertiary/aromatic N) is 4. The largest absolute Gasteiger partial charge is 0.497 e. The Kier molecular flexibility index (Phi) is 33.6. The second-order valence-corrected chi connectivity index (χ2v) is 45.6. The summed E-state index contributed by atoms with van der Waals surface area (Å²) in [6.45, 7) is 11.5. The summed E-state index contributed by atoms with van der Waals surface area (Å²) in [6.07, 6.45) is 28.4. The van der Waals surface area contributed by atoms with Crippen molar-refractivity contribution in [2.75, 3.05) is 40.9 Å². The number of rotatable bonds is 7. The maximum atomic E-state index is 12.7. The lowest BCUT2D eigenvalue weighted by atomic mass is 9.87. The zero-order chi connectivity index (χ0) is 102. The molecule has 17 aromatic rings. The topological polar surface area (TPSA) is 277 Å². The molecular formula is C117H121Br7N12O10. The smallest absolute Gasteiger partial charge is 0.419 e. The van der Waals surface area contributed by atoms with Crippen molar-refractivity contribution in [2.24, 2.45) is 10.3 Å². The number of carbonyl (C=O) groups is 4. The first kappa shape index (κ1) is 105. The molecule has 3 unspecified atom stereocenters. The fourth-order valence-electron chi connectivity index (χ4n) is 22.3. The van der Waals surface area contributed by atoms with Crippen LogP contribution in [0.4, 0.5) is 15.3 Å².